The van der Waals surface area contributed by atoms with Gasteiger partial charge in [-0.3, -0.25) is 0 Å². The number of carbonyl (C=O) groups is 7. The Morgan fingerprint density at radius 1 is 0.378 bits per heavy atom. The monoisotopic (exact) mass is 628 g/mol. The third-order valence-corrected chi connectivity index (χ3v) is 6.79. The Bertz CT molecular complexity index is 1270. The van der Waals surface area contributed by atoms with Crippen LogP contribution >= 0.6 is 0 Å². The van der Waals surface area contributed by atoms with E-state index in [1.54, 1.807) is 0 Å². The molecule has 0 amide bonds. The third kappa shape index (κ3) is 8.75. The fraction of sp³-hybridized carbons (Fsp3) is 0.323. The molecule has 0 bridgehead atoms. The number of esters is 7. The van der Waals surface area contributed by atoms with Crippen molar-refractivity contribution in [3.8, 4) is 0 Å². The Morgan fingerprint density at radius 3 is 1.02 bits per heavy atom. The van der Waals surface area contributed by atoms with E-state index < -0.39 is 96.3 Å². The van der Waals surface area contributed by atoms with Crippen molar-refractivity contribution in [1.29, 1.82) is 0 Å². The number of fused-ring (bicyclic) bond motifs is 1. The predicted octanol–water partition coefficient (Wildman–Crippen LogP) is 1.32. The number of hydrogen-bond acceptors (Lipinski definition) is 14. The lowest BCUT2D eigenvalue weighted by Gasteiger charge is -2.54. The molecule has 2 fully saturated rings. The molecule has 9 atom stereocenters. The average Bonchev–Trinajstić information content (AvgIpc) is 3.04. The highest BCUT2D eigenvalue weighted by Gasteiger charge is 2.65. The van der Waals surface area contributed by atoms with Gasteiger partial charge >= 0.3 is 41.8 Å². The topological polar surface area (TPSA) is 184 Å². The molecule has 9 unspecified atom stereocenters. The van der Waals surface area contributed by atoms with Crippen LogP contribution in [0.5, 0.6) is 0 Å². The Balaban J connectivity index is 2.99. The summed E-state index contributed by atoms with van der Waals surface area (Å²) in [5, 5.41) is 0. The van der Waals surface area contributed by atoms with E-state index in [2.05, 4.69) is 46.1 Å². The molecule has 45 heavy (non-hydrogen) atoms. The van der Waals surface area contributed by atoms with E-state index in [-0.39, 0.29) is 6.42 Å². The standard InChI is InChI=1S/C31H32O14/c1-8-18(32)39-17-15-16-25(28(42-21(35)11-4)27(17)41-20(34)10-3)29(43-22(36)12-5)31(45-24(38)14-7)30(44-23(37)13-6)26(16)40-19(33)9-2/h8-14,16-17,25-31H,1-7,15H2. The van der Waals surface area contributed by atoms with Gasteiger partial charge in [-0.05, 0) is 6.42 Å². The highest BCUT2D eigenvalue weighted by atomic mass is 16.6. The van der Waals surface area contributed by atoms with Gasteiger partial charge in [0.1, 0.15) is 24.4 Å². The van der Waals surface area contributed by atoms with Crippen molar-refractivity contribution in [2.24, 2.45) is 11.8 Å². The van der Waals surface area contributed by atoms with Crippen LogP contribution in [0, 0.1) is 11.8 Å². The van der Waals surface area contributed by atoms with Crippen molar-refractivity contribution >= 4 is 41.8 Å². The average molecular weight is 629 g/mol. The lowest BCUT2D eigenvalue weighted by Crippen LogP contribution is -2.70. The maximum absolute atomic E-state index is 12.7. The second-order valence-electron chi connectivity index (χ2n) is 9.29. The van der Waals surface area contributed by atoms with E-state index in [1.165, 1.54) is 0 Å². The molecule has 0 heterocycles. The van der Waals surface area contributed by atoms with Crippen molar-refractivity contribution in [2.45, 2.75) is 49.1 Å². The normalized spacial score (nSPS) is 28.0. The molecule has 0 aromatic carbocycles. The molecular weight excluding hydrogens is 596 g/mol. The largest absolute Gasteiger partial charge is 0.455 e. The molecule has 0 aliphatic heterocycles. The minimum absolute atomic E-state index is 0.358. The van der Waals surface area contributed by atoms with Gasteiger partial charge in [0.25, 0.3) is 0 Å². The van der Waals surface area contributed by atoms with Crippen LogP contribution in [0.15, 0.2) is 88.6 Å². The Kier molecular flexibility index (Phi) is 13.0. The highest BCUT2D eigenvalue weighted by molar-refractivity contribution is 5.85. The second kappa shape index (κ2) is 16.4. The first-order valence-corrected chi connectivity index (χ1v) is 13.2. The van der Waals surface area contributed by atoms with Gasteiger partial charge in [-0.25, -0.2) is 33.6 Å². The van der Waals surface area contributed by atoms with Crippen LogP contribution in [0.1, 0.15) is 6.42 Å². The van der Waals surface area contributed by atoms with Gasteiger partial charge in [0.05, 0.1) is 0 Å². The van der Waals surface area contributed by atoms with E-state index in [9.17, 15) is 33.6 Å². The van der Waals surface area contributed by atoms with Crippen molar-refractivity contribution < 1.29 is 66.7 Å². The van der Waals surface area contributed by atoms with Crippen molar-refractivity contribution in [3.05, 3.63) is 88.6 Å². The zero-order valence-corrected chi connectivity index (χ0v) is 24.1. The van der Waals surface area contributed by atoms with Gasteiger partial charge in [0.15, 0.2) is 18.3 Å². The fourth-order valence-corrected chi connectivity index (χ4v) is 5.12. The summed E-state index contributed by atoms with van der Waals surface area (Å²) in [5.74, 6) is -9.93. The zero-order valence-electron chi connectivity index (χ0n) is 24.1. The molecular formula is C31H32O14. The van der Waals surface area contributed by atoms with E-state index in [0.717, 1.165) is 42.5 Å². The minimum Gasteiger partial charge on any atom is -0.455 e. The van der Waals surface area contributed by atoms with Gasteiger partial charge in [-0.2, -0.15) is 0 Å². The quantitative estimate of drug-likeness (QED) is 0.152. The van der Waals surface area contributed by atoms with Crippen molar-refractivity contribution in [2.75, 3.05) is 0 Å². The summed E-state index contributed by atoms with van der Waals surface area (Å²) in [6, 6.07) is 0. The van der Waals surface area contributed by atoms with Gasteiger partial charge in [-0.15, -0.1) is 0 Å². The molecule has 0 aromatic heterocycles. The van der Waals surface area contributed by atoms with E-state index in [4.69, 9.17) is 33.2 Å². The molecule has 14 nitrogen and oxygen atoms in total. The van der Waals surface area contributed by atoms with Gasteiger partial charge in [-0.1, -0.05) is 46.1 Å². The van der Waals surface area contributed by atoms with Crippen molar-refractivity contribution in [1.82, 2.24) is 0 Å². The lowest BCUT2D eigenvalue weighted by atomic mass is 9.62. The molecule has 240 valence electrons. The molecule has 0 aromatic rings. The molecule has 0 N–H and O–H groups in total. The third-order valence-electron chi connectivity index (χ3n) is 6.79. The predicted molar refractivity (Wildman–Crippen MR) is 152 cm³/mol. The molecule has 2 aliphatic carbocycles. The van der Waals surface area contributed by atoms with Crippen LogP contribution in [-0.2, 0) is 66.7 Å². The van der Waals surface area contributed by atoms with Gasteiger partial charge in [0, 0.05) is 54.4 Å². The zero-order chi connectivity index (χ0) is 33.8. The molecule has 2 aliphatic rings. The Morgan fingerprint density at radius 2 is 0.644 bits per heavy atom. The summed E-state index contributed by atoms with van der Waals surface area (Å²) in [7, 11) is 0. The molecule has 0 radical (unpaired) electrons. The van der Waals surface area contributed by atoms with Gasteiger partial charge < -0.3 is 33.2 Å². The number of hydrogen-bond donors (Lipinski definition) is 0. The highest BCUT2D eigenvalue weighted by Crippen LogP contribution is 2.48. The van der Waals surface area contributed by atoms with E-state index in [1.807, 2.05) is 0 Å². The van der Waals surface area contributed by atoms with Crippen LogP contribution in [0.3, 0.4) is 0 Å². The van der Waals surface area contributed by atoms with Crippen molar-refractivity contribution in [3.63, 3.8) is 0 Å². The summed E-state index contributed by atoms with van der Waals surface area (Å²) in [4.78, 5) is 87.8. The van der Waals surface area contributed by atoms with Crippen LogP contribution < -0.4 is 0 Å². The number of rotatable bonds is 14. The second-order valence-corrected chi connectivity index (χ2v) is 9.29. The first-order valence-electron chi connectivity index (χ1n) is 13.2. The first-order chi connectivity index (χ1) is 21.4. The molecule has 0 saturated heterocycles. The fourth-order valence-electron chi connectivity index (χ4n) is 5.12. The smallest absolute Gasteiger partial charge is 0.330 e. The summed E-state index contributed by atoms with van der Waals surface area (Å²) >= 11 is 0. The molecule has 14 heteroatoms. The lowest BCUT2D eigenvalue weighted by molar-refractivity contribution is -0.264. The van der Waals surface area contributed by atoms with E-state index in [0.29, 0.717) is 0 Å². The number of carbonyl (C=O) groups excluding carboxylic acids is 7. The summed E-state index contributed by atoms with van der Waals surface area (Å²) in [6.07, 6.45) is -6.41. The number of ether oxygens (including phenoxy) is 7. The summed E-state index contributed by atoms with van der Waals surface area (Å²) in [5.41, 5.74) is 0. The van der Waals surface area contributed by atoms with Crippen LogP contribution in [0.25, 0.3) is 0 Å². The van der Waals surface area contributed by atoms with Crippen LogP contribution in [-0.4, -0.2) is 84.5 Å². The summed E-state index contributed by atoms with van der Waals surface area (Å²) < 4.78 is 38.7. The first kappa shape index (κ1) is 35.7. The Labute approximate surface area is 258 Å². The van der Waals surface area contributed by atoms with E-state index >= 15 is 0 Å². The minimum atomic E-state index is -1.78. The maximum atomic E-state index is 12.7. The molecule has 2 saturated carbocycles. The Hall–Kier alpha value is -5.53. The molecule has 0 spiro atoms. The summed E-state index contributed by atoms with van der Waals surface area (Å²) in [6.45, 7) is 23.4. The SMILES string of the molecule is C=CC(=O)OC1CC2C(OC(=O)C=C)C(OC(=O)C=C)C(OC(=O)C=C)C(OC(=O)C=C)C2C(OC(=O)C=C)C1OC(=O)C=C. The molecule has 2 rings (SSSR count). The van der Waals surface area contributed by atoms with Crippen LogP contribution in [0.4, 0.5) is 0 Å². The van der Waals surface area contributed by atoms with Gasteiger partial charge in [0.2, 0.25) is 0 Å². The van der Waals surface area contributed by atoms with Crippen LogP contribution in [0.2, 0.25) is 0 Å². The maximum Gasteiger partial charge on any atom is 0.330 e.